The zero-order chi connectivity index (χ0) is 18.4. The summed E-state index contributed by atoms with van der Waals surface area (Å²) in [6.07, 6.45) is 1.53. The highest BCUT2D eigenvalue weighted by Crippen LogP contribution is 2.15. The Bertz CT molecular complexity index is 738. The molecule has 2 amide bonds. The Balaban J connectivity index is 1.72. The molecule has 1 heterocycles. The van der Waals surface area contributed by atoms with Crippen molar-refractivity contribution in [3.05, 3.63) is 52.3 Å². The van der Waals surface area contributed by atoms with Gasteiger partial charge in [0.05, 0.1) is 5.02 Å². The fourth-order valence-electron chi connectivity index (χ4n) is 2.33. The van der Waals surface area contributed by atoms with Crippen LogP contribution >= 0.6 is 11.6 Å². The normalized spacial score (nSPS) is 11.7. The third kappa shape index (κ3) is 6.15. The van der Waals surface area contributed by atoms with Crippen molar-refractivity contribution in [3.63, 3.8) is 0 Å². The van der Waals surface area contributed by atoms with E-state index in [0.717, 1.165) is 11.1 Å². The average Bonchev–Trinajstić information content (AvgIpc) is 2.96. The lowest BCUT2D eigenvalue weighted by Crippen LogP contribution is -2.43. The molecule has 0 aliphatic heterocycles. The Labute approximate surface area is 151 Å². The highest BCUT2D eigenvalue weighted by atomic mass is 35.5. The SMILES string of the molecule is Cc1cc(C)cc(OCC(=O)NCC(C)NC(=O)c2cc(Cl)c[nH]2)c1. The van der Waals surface area contributed by atoms with E-state index in [1.165, 1.54) is 6.20 Å². The minimum atomic E-state index is -0.278. The van der Waals surface area contributed by atoms with Gasteiger partial charge in [0.15, 0.2) is 6.61 Å². The Morgan fingerprint density at radius 3 is 2.48 bits per heavy atom. The molecule has 6 nitrogen and oxygen atoms in total. The summed E-state index contributed by atoms with van der Waals surface area (Å²) in [4.78, 5) is 26.6. The molecule has 0 aliphatic rings. The molecule has 0 spiro atoms. The maximum atomic E-state index is 11.9. The van der Waals surface area contributed by atoms with Crippen LogP contribution in [0.2, 0.25) is 5.02 Å². The molecule has 0 aliphatic carbocycles. The largest absolute Gasteiger partial charge is 0.484 e. The monoisotopic (exact) mass is 363 g/mol. The van der Waals surface area contributed by atoms with Gasteiger partial charge in [0.2, 0.25) is 0 Å². The van der Waals surface area contributed by atoms with Gasteiger partial charge in [-0.15, -0.1) is 0 Å². The number of aryl methyl sites for hydroxylation is 2. The van der Waals surface area contributed by atoms with Crippen molar-refractivity contribution in [2.24, 2.45) is 0 Å². The number of hydrogen-bond acceptors (Lipinski definition) is 3. The van der Waals surface area contributed by atoms with E-state index in [2.05, 4.69) is 15.6 Å². The first kappa shape index (κ1) is 18.9. The second-order valence-electron chi connectivity index (χ2n) is 6.02. The van der Waals surface area contributed by atoms with Crippen LogP contribution in [0.25, 0.3) is 0 Å². The van der Waals surface area contributed by atoms with Gasteiger partial charge in [-0.05, 0) is 50.1 Å². The van der Waals surface area contributed by atoms with Crippen LogP contribution in [0.15, 0.2) is 30.5 Å². The number of aromatic nitrogens is 1. The number of hydrogen-bond donors (Lipinski definition) is 3. The highest BCUT2D eigenvalue weighted by molar-refractivity contribution is 6.30. The van der Waals surface area contributed by atoms with Crippen LogP contribution in [0.4, 0.5) is 0 Å². The number of benzene rings is 1. The van der Waals surface area contributed by atoms with Gasteiger partial charge >= 0.3 is 0 Å². The predicted molar refractivity (Wildman–Crippen MR) is 97.2 cm³/mol. The molecule has 7 heteroatoms. The number of halogens is 1. The first-order valence-corrected chi connectivity index (χ1v) is 8.34. The molecular weight excluding hydrogens is 342 g/mol. The summed E-state index contributed by atoms with van der Waals surface area (Å²) in [5.74, 6) is 0.140. The van der Waals surface area contributed by atoms with Gasteiger partial charge in [0.1, 0.15) is 11.4 Å². The Morgan fingerprint density at radius 2 is 1.88 bits per heavy atom. The minimum Gasteiger partial charge on any atom is -0.484 e. The lowest BCUT2D eigenvalue weighted by atomic mass is 10.1. The van der Waals surface area contributed by atoms with Crippen LogP contribution in [0.5, 0.6) is 5.75 Å². The van der Waals surface area contributed by atoms with Crippen LogP contribution < -0.4 is 15.4 Å². The maximum absolute atomic E-state index is 11.9. The molecule has 2 rings (SSSR count). The summed E-state index contributed by atoms with van der Waals surface area (Å²) >= 11 is 5.77. The van der Waals surface area contributed by atoms with Gasteiger partial charge in [-0.25, -0.2) is 0 Å². The summed E-state index contributed by atoms with van der Waals surface area (Å²) in [5.41, 5.74) is 2.54. The van der Waals surface area contributed by atoms with Crippen LogP contribution in [-0.4, -0.2) is 36.0 Å². The second kappa shape index (κ2) is 8.58. The van der Waals surface area contributed by atoms with Gasteiger partial charge in [0.25, 0.3) is 11.8 Å². The van der Waals surface area contributed by atoms with Gasteiger partial charge in [0, 0.05) is 18.8 Å². The van der Waals surface area contributed by atoms with Gasteiger partial charge in [-0.2, -0.15) is 0 Å². The molecule has 25 heavy (non-hydrogen) atoms. The highest BCUT2D eigenvalue weighted by Gasteiger charge is 2.12. The molecule has 3 N–H and O–H groups in total. The van der Waals surface area contributed by atoms with Crippen molar-refractivity contribution in [2.75, 3.05) is 13.2 Å². The smallest absolute Gasteiger partial charge is 0.268 e. The topological polar surface area (TPSA) is 83.2 Å². The molecule has 1 unspecified atom stereocenters. The number of ether oxygens (including phenoxy) is 1. The molecule has 1 aromatic heterocycles. The second-order valence-corrected chi connectivity index (χ2v) is 6.46. The minimum absolute atomic E-state index is 0.0736. The number of aromatic amines is 1. The molecule has 1 aromatic carbocycles. The van der Waals surface area contributed by atoms with E-state index in [1.54, 1.807) is 13.0 Å². The van der Waals surface area contributed by atoms with E-state index in [9.17, 15) is 9.59 Å². The number of nitrogens with one attached hydrogen (secondary N) is 3. The standard InChI is InChI=1S/C18H22ClN3O3/c1-11-4-12(2)6-15(5-11)25-10-17(23)21-8-13(3)22-18(24)16-7-14(19)9-20-16/h4-7,9,13,20H,8,10H2,1-3H3,(H,21,23)(H,22,24). The molecule has 0 saturated heterocycles. The lowest BCUT2D eigenvalue weighted by molar-refractivity contribution is -0.123. The zero-order valence-corrected chi connectivity index (χ0v) is 15.2. The Morgan fingerprint density at radius 1 is 1.20 bits per heavy atom. The van der Waals surface area contributed by atoms with Crippen molar-refractivity contribution in [3.8, 4) is 5.75 Å². The van der Waals surface area contributed by atoms with Crippen molar-refractivity contribution < 1.29 is 14.3 Å². The van der Waals surface area contributed by atoms with Gasteiger partial charge < -0.3 is 20.4 Å². The summed E-state index contributed by atoms with van der Waals surface area (Å²) in [6, 6.07) is 7.10. The molecule has 134 valence electrons. The van der Waals surface area contributed by atoms with E-state index >= 15 is 0 Å². The number of amides is 2. The molecule has 1 atom stereocenters. The fourth-order valence-corrected chi connectivity index (χ4v) is 2.50. The first-order valence-electron chi connectivity index (χ1n) is 7.96. The first-order chi connectivity index (χ1) is 11.8. The van der Waals surface area contributed by atoms with Crippen LogP contribution in [-0.2, 0) is 4.79 Å². The summed E-state index contributed by atoms with van der Waals surface area (Å²) in [5, 5.41) is 5.97. The van der Waals surface area contributed by atoms with E-state index in [1.807, 2.05) is 32.0 Å². The molecule has 2 aromatic rings. The van der Waals surface area contributed by atoms with Crippen molar-refractivity contribution in [1.29, 1.82) is 0 Å². The summed E-state index contributed by atoms with van der Waals surface area (Å²) in [7, 11) is 0. The average molecular weight is 364 g/mol. The van der Waals surface area contributed by atoms with E-state index in [0.29, 0.717) is 23.0 Å². The Kier molecular flexibility index (Phi) is 6.47. The fraction of sp³-hybridized carbons (Fsp3) is 0.333. The summed E-state index contributed by atoms with van der Waals surface area (Å²) < 4.78 is 5.50. The van der Waals surface area contributed by atoms with Gasteiger partial charge in [-0.3, -0.25) is 9.59 Å². The molecule has 0 bridgehead atoms. The van der Waals surface area contributed by atoms with E-state index in [-0.39, 0.29) is 24.5 Å². The predicted octanol–water partition coefficient (Wildman–Crippen LogP) is 2.60. The maximum Gasteiger partial charge on any atom is 0.268 e. The van der Waals surface area contributed by atoms with Crippen LogP contribution in [0.3, 0.4) is 0 Å². The van der Waals surface area contributed by atoms with E-state index in [4.69, 9.17) is 16.3 Å². The quantitative estimate of drug-likeness (QED) is 0.707. The number of carbonyl (C=O) groups excluding carboxylic acids is 2. The van der Waals surface area contributed by atoms with Crippen LogP contribution in [0.1, 0.15) is 28.5 Å². The number of carbonyl (C=O) groups is 2. The van der Waals surface area contributed by atoms with Crippen LogP contribution in [0, 0.1) is 13.8 Å². The van der Waals surface area contributed by atoms with Crippen molar-refractivity contribution >= 4 is 23.4 Å². The zero-order valence-electron chi connectivity index (χ0n) is 14.5. The molecule has 0 fully saturated rings. The molecule has 0 saturated carbocycles. The van der Waals surface area contributed by atoms with Crippen molar-refractivity contribution in [1.82, 2.24) is 15.6 Å². The van der Waals surface area contributed by atoms with Crippen molar-refractivity contribution in [2.45, 2.75) is 26.8 Å². The molecule has 0 radical (unpaired) electrons. The summed E-state index contributed by atoms with van der Waals surface area (Å²) in [6.45, 7) is 5.97. The van der Waals surface area contributed by atoms with E-state index < -0.39 is 0 Å². The number of H-pyrrole nitrogens is 1. The third-order valence-corrected chi connectivity index (χ3v) is 3.66. The Hall–Kier alpha value is -2.47. The molecular formula is C18H22ClN3O3. The lowest BCUT2D eigenvalue weighted by Gasteiger charge is -2.14. The third-order valence-electron chi connectivity index (χ3n) is 3.44. The number of rotatable bonds is 7. The van der Waals surface area contributed by atoms with Gasteiger partial charge in [-0.1, -0.05) is 17.7 Å².